The molecule has 0 aliphatic carbocycles. The molecule has 0 aromatic rings. The van der Waals surface area contributed by atoms with Crippen LogP contribution in [0, 0.1) is 0 Å². The van der Waals surface area contributed by atoms with E-state index in [0.29, 0.717) is 13.0 Å². The molecule has 0 spiro atoms. The molecule has 6 N–H and O–H groups in total. The highest BCUT2D eigenvalue weighted by Gasteiger charge is 2.44. The molecular formula is C37H72N2O8. The normalized spacial score (nSPS) is 21.9. The first-order valence-electron chi connectivity index (χ1n) is 19.3. The van der Waals surface area contributed by atoms with Gasteiger partial charge in [-0.25, -0.2) is 0 Å². The van der Waals surface area contributed by atoms with Crippen LogP contribution in [0.25, 0.3) is 0 Å². The van der Waals surface area contributed by atoms with Gasteiger partial charge in [0.05, 0.1) is 13.2 Å². The summed E-state index contributed by atoms with van der Waals surface area (Å²) in [4.78, 5) is 25.8. The molecule has 278 valence electrons. The predicted octanol–water partition coefficient (Wildman–Crippen LogP) is 5.81. The minimum atomic E-state index is -1.58. The van der Waals surface area contributed by atoms with Crippen LogP contribution in [0.5, 0.6) is 0 Å². The topological polar surface area (TPSA) is 158 Å². The molecular weight excluding hydrogens is 600 g/mol. The van der Waals surface area contributed by atoms with Gasteiger partial charge in [0.2, 0.25) is 11.8 Å². The van der Waals surface area contributed by atoms with Crippen molar-refractivity contribution in [2.24, 2.45) is 0 Å². The largest absolute Gasteiger partial charge is 0.394 e. The summed E-state index contributed by atoms with van der Waals surface area (Å²) in [6.45, 7) is 4.07. The smallest absolute Gasteiger partial charge is 0.244 e. The summed E-state index contributed by atoms with van der Waals surface area (Å²) in [7, 11) is 0. The van der Waals surface area contributed by atoms with Gasteiger partial charge in [-0.3, -0.25) is 9.59 Å². The molecule has 10 heteroatoms. The van der Waals surface area contributed by atoms with E-state index in [0.717, 1.165) is 38.5 Å². The number of aliphatic hydroxyl groups is 4. The first-order valence-corrected chi connectivity index (χ1v) is 19.3. The van der Waals surface area contributed by atoms with E-state index in [4.69, 9.17) is 9.47 Å². The lowest BCUT2D eigenvalue weighted by atomic mass is 9.99. The van der Waals surface area contributed by atoms with Crippen molar-refractivity contribution in [1.82, 2.24) is 10.6 Å². The van der Waals surface area contributed by atoms with Crippen molar-refractivity contribution in [2.45, 2.75) is 205 Å². The minimum Gasteiger partial charge on any atom is -0.394 e. The number of nitrogens with one attached hydrogen (secondary N) is 2. The van der Waals surface area contributed by atoms with Crippen LogP contribution in [0.15, 0.2) is 0 Å². The van der Waals surface area contributed by atoms with Gasteiger partial charge in [0, 0.05) is 13.0 Å². The molecule has 1 fully saturated rings. The molecule has 1 aliphatic rings. The van der Waals surface area contributed by atoms with Gasteiger partial charge in [0.1, 0.15) is 30.5 Å². The summed E-state index contributed by atoms with van der Waals surface area (Å²) < 4.78 is 11.0. The van der Waals surface area contributed by atoms with Crippen LogP contribution in [0.4, 0.5) is 0 Å². The molecule has 1 saturated heterocycles. The highest BCUT2D eigenvalue weighted by Crippen LogP contribution is 2.22. The number of rotatable bonds is 31. The van der Waals surface area contributed by atoms with Gasteiger partial charge in [0.25, 0.3) is 0 Å². The van der Waals surface area contributed by atoms with Crippen LogP contribution in [0.1, 0.15) is 168 Å². The number of hydrogen-bond donors (Lipinski definition) is 6. The number of unbranched alkanes of at least 4 members (excludes halogenated alkanes) is 21. The van der Waals surface area contributed by atoms with E-state index < -0.39 is 43.4 Å². The van der Waals surface area contributed by atoms with Crippen molar-refractivity contribution in [3.63, 3.8) is 0 Å². The van der Waals surface area contributed by atoms with Gasteiger partial charge in [0.15, 0.2) is 6.29 Å². The maximum Gasteiger partial charge on any atom is 0.244 e. The Kier molecular flexibility index (Phi) is 27.5. The Bertz CT molecular complexity index is 756. The van der Waals surface area contributed by atoms with E-state index in [1.165, 1.54) is 109 Å². The standard InChI is InChI=1S/C37H72N2O8/c1-3-5-7-9-11-13-14-15-16-17-18-19-20-22-24-26-32(41)39-30(36(45)38-27-25-23-21-12-10-8-6-4-2)29-46-37-35(44)34(43)33(42)31(28-40)47-37/h30-31,33-35,37,40,42-44H,3-29H2,1-2H3,(H,38,45)(H,39,41)/t30-,31+,33-,34-,35+,37-/m0/s1. The second-order valence-corrected chi connectivity index (χ2v) is 13.6. The average Bonchev–Trinajstić information content (AvgIpc) is 3.07. The number of aliphatic hydroxyl groups excluding tert-OH is 4. The summed E-state index contributed by atoms with van der Waals surface area (Å²) in [6.07, 6.45) is 21.0. The Labute approximate surface area is 286 Å². The van der Waals surface area contributed by atoms with E-state index in [1.54, 1.807) is 0 Å². The summed E-state index contributed by atoms with van der Waals surface area (Å²) >= 11 is 0. The van der Waals surface area contributed by atoms with Crippen LogP contribution in [0.2, 0.25) is 0 Å². The summed E-state index contributed by atoms with van der Waals surface area (Å²) in [6, 6.07) is -1.01. The molecule has 0 unspecified atom stereocenters. The van der Waals surface area contributed by atoms with Crippen molar-refractivity contribution < 1.29 is 39.5 Å². The molecule has 0 saturated carbocycles. The van der Waals surface area contributed by atoms with Gasteiger partial charge in [-0.05, 0) is 12.8 Å². The fourth-order valence-electron chi connectivity index (χ4n) is 6.10. The SMILES string of the molecule is CCCCCCCCCCCCCCCCCC(=O)N[C@@H](CO[C@H]1O[C@H](CO)[C@H](O)[C@H](O)[C@H]1O)C(=O)NCCCCCCCCCC. The van der Waals surface area contributed by atoms with E-state index in [1.807, 2.05) is 0 Å². The molecule has 1 rings (SSSR count). The third-order valence-corrected chi connectivity index (χ3v) is 9.26. The van der Waals surface area contributed by atoms with Crippen LogP contribution >= 0.6 is 0 Å². The van der Waals surface area contributed by atoms with Crippen LogP contribution in [0.3, 0.4) is 0 Å². The molecule has 0 bridgehead atoms. The molecule has 1 aliphatic heterocycles. The number of hydrogen-bond acceptors (Lipinski definition) is 8. The van der Waals surface area contributed by atoms with Crippen molar-refractivity contribution in [3.05, 3.63) is 0 Å². The quantitative estimate of drug-likeness (QED) is 0.0504. The van der Waals surface area contributed by atoms with Gasteiger partial charge >= 0.3 is 0 Å². The lowest BCUT2D eigenvalue weighted by Gasteiger charge is -2.39. The van der Waals surface area contributed by atoms with E-state index in [-0.39, 0.29) is 18.4 Å². The maximum atomic E-state index is 13.1. The minimum absolute atomic E-state index is 0.246. The monoisotopic (exact) mass is 673 g/mol. The highest BCUT2D eigenvalue weighted by atomic mass is 16.7. The fraction of sp³-hybridized carbons (Fsp3) is 0.946. The van der Waals surface area contributed by atoms with Gasteiger partial charge in [-0.2, -0.15) is 0 Å². The number of ether oxygens (including phenoxy) is 2. The molecule has 0 radical (unpaired) electrons. The second-order valence-electron chi connectivity index (χ2n) is 13.6. The van der Waals surface area contributed by atoms with Gasteiger partial charge in [-0.1, -0.05) is 149 Å². The van der Waals surface area contributed by atoms with Crippen LogP contribution in [-0.4, -0.2) is 88.7 Å². The first kappa shape index (κ1) is 43.7. The van der Waals surface area contributed by atoms with Crippen molar-refractivity contribution in [3.8, 4) is 0 Å². The summed E-state index contributed by atoms with van der Waals surface area (Å²) in [5.41, 5.74) is 0. The predicted molar refractivity (Wildman–Crippen MR) is 187 cm³/mol. The molecule has 1 heterocycles. The lowest BCUT2D eigenvalue weighted by Crippen LogP contribution is -2.60. The molecule has 0 aromatic carbocycles. The number of amides is 2. The first-order chi connectivity index (χ1) is 22.8. The van der Waals surface area contributed by atoms with E-state index in [9.17, 15) is 30.0 Å². The number of carbonyl (C=O) groups excluding carboxylic acids is 2. The highest BCUT2D eigenvalue weighted by molar-refractivity contribution is 5.87. The van der Waals surface area contributed by atoms with Crippen molar-refractivity contribution in [2.75, 3.05) is 19.8 Å². The summed E-state index contributed by atoms with van der Waals surface area (Å²) in [5.74, 6) is -0.633. The second kappa shape index (κ2) is 29.6. The Morgan fingerprint density at radius 1 is 0.638 bits per heavy atom. The third kappa shape index (κ3) is 21.4. The molecule has 0 aromatic heterocycles. The fourth-order valence-corrected chi connectivity index (χ4v) is 6.10. The Hall–Kier alpha value is -1.30. The van der Waals surface area contributed by atoms with Crippen LogP contribution in [-0.2, 0) is 19.1 Å². The number of carbonyl (C=O) groups is 2. The maximum absolute atomic E-state index is 13.1. The molecule has 2 amide bonds. The van der Waals surface area contributed by atoms with Crippen molar-refractivity contribution >= 4 is 11.8 Å². The van der Waals surface area contributed by atoms with Crippen LogP contribution < -0.4 is 10.6 Å². The van der Waals surface area contributed by atoms with Gasteiger partial charge < -0.3 is 40.5 Å². The molecule has 6 atom stereocenters. The Morgan fingerprint density at radius 2 is 1.09 bits per heavy atom. The molecule has 10 nitrogen and oxygen atoms in total. The Balaban J connectivity index is 2.37. The lowest BCUT2D eigenvalue weighted by molar-refractivity contribution is -0.301. The molecule has 47 heavy (non-hydrogen) atoms. The Morgan fingerprint density at radius 3 is 1.55 bits per heavy atom. The van der Waals surface area contributed by atoms with E-state index in [2.05, 4.69) is 24.5 Å². The zero-order chi connectivity index (χ0) is 34.5. The average molecular weight is 673 g/mol. The third-order valence-electron chi connectivity index (χ3n) is 9.26. The van der Waals surface area contributed by atoms with Crippen molar-refractivity contribution in [1.29, 1.82) is 0 Å². The van der Waals surface area contributed by atoms with E-state index >= 15 is 0 Å². The van der Waals surface area contributed by atoms with Gasteiger partial charge in [-0.15, -0.1) is 0 Å². The summed E-state index contributed by atoms with van der Waals surface area (Å²) in [5, 5.41) is 45.5. The zero-order valence-electron chi connectivity index (χ0n) is 30.0. The zero-order valence-corrected chi connectivity index (χ0v) is 30.0.